The minimum absolute atomic E-state index is 0.00144. The summed E-state index contributed by atoms with van der Waals surface area (Å²) in [6.45, 7) is 5.45. The number of thiazole rings is 1. The first-order valence-electron chi connectivity index (χ1n) is 6.56. The van der Waals surface area contributed by atoms with Gasteiger partial charge < -0.3 is 4.74 Å². The minimum Gasteiger partial charge on any atom is -0.376 e. The van der Waals surface area contributed by atoms with Crippen LogP contribution in [0.2, 0.25) is 0 Å². The maximum absolute atomic E-state index is 11.9. The molecule has 1 saturated heterocycles. The van der Waals surface area contributed by atoms with E-state index in [2.05, 4.69) is 16.8 Å². The second kappa shape index (κ2) is 5.40. The van der Waals surface area contributed by atoms with E-state index in [0.29, 0.717) is 6.10 Å². The lowest BCUT2D eigenvalue weighted by Gasteiger charge is -2.32. The van der Waals surface area contributed by atoms with Gasteiger partial charge in [0.1, 0.15) is 0 Å². The molecule has 6 heteroatoms. The molecule has 102 valence electrons. The van der Waals surface area contributed by atoms with Crippen LogP contribution in [0.25, 0.3) is 4.96 Å². The second-order valence-corrected chi connectivity index (χ2v) is 5.65. The summed E-state index contributed by atoms with van der Waals surface area (Å²) in [6.07, 6.45) is 3.10. The van der Waals surface area contributed by atoms with Crippen molar-refractivity contribution in [3.8, 4) is 0 Å². The standard InChI is InChI=1S/C13H17N3O2S/c1-2-11-9-15(3-5-18-11)8-10-7-12(17)16-4-6-19-13(16)14-10/h4,6-7,11H,2-3,5,8-9H2,1H3. The predicted octanol–water partition coefficient (Wildman–Crippen LogP) is 1.37. The van der Waals surface area contributed by atoms with Gasteiger partial charge in [0.25, 0.3) is 5.56 Å². The number of hydrogen-bond donors (Lipinski definition) is 0. The highest BCUT2D eigenvalue weighted by molar-refractivity contribution is 7.15. The van der Waals surface area contributed by atoms with Crippen LogP contribution in [0.15, 0.2) is 22.4 Å². The number of morpholine rings is 1. The van der Waals surface area contributed by atoms with Crippen molar-refractivity contribution in [1.82, 2.24) is 14.3 Å². The third-order valence-corrected chi connectivity index (χ3v) is 4.18. The molecule has 3 rings (SSSR count). The normalized spacial score (nSPS) is 21.0. The van der Waals surface area contributed by atoms with Crippen molar-refractivity contribution < 1.29 is 4.74 Å². The molecule has 1 atom stereocenters. The van der Waals surface area contributed by atoms with E-state index in [9.17, 15) is 4.79 Å². The smallest absolute Gasteiger partial charge is 0.258 e. The Labute approximate surface area is 115 Å². The van der Waals surface area contributed by atoms with Gasteiger partial charge >= 0.3 is 0 Å². The van der Waals surface area contributed by atoms with E-state index in [1.165, 1.54) is 11.3 Å². The Morgan fingerprint density at radius 2 is 2.47 bits per heavy atom. The van der Waals surface area contributed by atoms with Crippen LogP contribution in [-0.4, -0.2) is 40.1 Å². The Hall–Kier alpha value is -1.24. The van der Waals surface area contributed by atoms with Crippen molar-refractivity contribution in [3.63, 3.8) is 0 Å². The van der Waals surface area contributed by atoms with Gasteiger partial charge in [0.05, 0.1) is 18.4 Å². The quantitative estimate of drug-likeness (QED) is 0.851. The van der Waals surface area contributed by atoms with Crippen LogP contribution in [0.3, 0.4) is 0 Å². The zero-order valence-corrected chi connectivity index (χ0v) is 11.7. The monoisotopic (exact) mass is 279 g/mol. The maximum atomic E-state index is 11.9. The van der Waals surface area contributed by atoms with Gasteiger partial charge in [-0.1, -0.05) is 6.92 Å². The topological polar surface area (TPSA) is 46.8 Å². The molecule has 1 unspecified atom stereocenters. The summed E-state index contributed by atoms with van der Waals surface area (Å²) in [5.41, 5.74) is 0.853. The van der Waals surface area contributed by atoms with E-state index in [0.717, 1.165) is 43.3 Å². The summed E-state index contributed by atoms with van der Waals surface area (Å²) >= 11 is 1.49. The second-order valence-electron chi connectivity index (χ2n) is 4.78. The van der Waals surface area contributed by atoms with E-state index in [1.54, 1.807) is 16.7 Å². The largest absolute Gasteiger partial charge is 0.376 e. The van der Waals surface area contributed by atoms with Gasteiger partial charge in [0.15, 0.2) is 4.96 Å². The Kier molecular flexibility index (Phi) is 3.63. The summed E-state index contributed by atoms with van der Waals surface area (Å²) in [4.78, 5) is 19.5. The molecule has 0 bridgehead atoms. The molecule has 5 nitrogen and oxygen atoms in total. The van der Waals surface area contributed by atoms with Gasteiger partial charge in [-0.3, -0.25) is 14.1 Å². The number of hydrogen-bond acceptors (Lipinski definition) is 5. The summed E-state index contributed by atoms with van der Waals surface area (Å²) in [5.74, 6) is 0. The Morgan fingerprint density at radius 1 is 1.58 bits per heavy atom. The molecule has 1 aliphatic rings. The van der Waals surface area contributed by atoms with E-state index in [-0.39, 0.29) is 5.56 Å². The number of fused-ring (bicyclic) bond motifs is 1. The number of aromatic nitrogens is 2. The highest BCUT2D eigenvalue weighted by Gasteiger charge is 2.19. The number of nitrogens with zero attached hydrogens (tertiary/aromatic N) is 3. The minimum atomic E-state index is 0.00144. The summed E-state index contributed by atoms with van der Waals surface area (Å²) in [5, 5.41) is 1.88. The van der Waals surface area contributed by atoms with E-state index >= 15 is 0 Å². The lowest BCUT2D eigenvalue weighted by molar-refractivity contribution is -0.0328. The molecule has 2 aromatic heterocycles. The molecule has 2 aromatic rings. The van der Waals surface area contributed by atoms with Gasteiger partial charge in [-0.2, -0.15) is 0 Å². The van der Waals surface area contributed by atoms with Crippen LogP contribution < -0.4 is 5.56 Å². The molecule has 1 fully saturated rings. The first kappa shape index (κ1) is 12.8. The van der Waals surface area contributed by atoms with E-state index in [4.69, 9.17) is 4.74 Å². The lowest BCUT2D eigenvalue weighted by Crippen LogP contribution is -2.41. The maximum Gasteiger partial charge on any atom is 0.258 e. The van der Waals surface area contributed by atoms with Crippen LogP contribution in [0.1, 0.15) is 19.0 Å². The third kappa shape index (κ3) is 2.70. The molecule has 0 saturated carbocycles. The Balaban J connectivity index is 1.79. The molecule has 19 heavy (non-hydrogen) atoms. The SMILES string of the molecule is CCC1CN(Cc2cc(=O)n3ccsc3n2)CCO1. The molecule has 0 amide bonds. The summed E-state index contributed by atoms with van der Waals surface area (Å²) < 4.78 is 7.24. The van der Waals surface area contributed by atoms with Crippen LogP contribution in [0.4, 0.5) is 0 Å². The number of rotatable bonds is 3. The molecule has 0 N–H and O–H groups in total. The molecule has 0 aromatic carbocycles. The average Bonchev–Trinajstić information content (AvgIpc) is 2.88. The van der Waals surface area contributed by atoms with Crippen molar-refractivity contribution >= 4 is 16.3 Å². The van der Waals surface area contributed by atoms with Crippen molar-refractivity contribution in [2.75, 3.05) is 19.7 Å². The van der Waals surface area contributed by atoms with Crippen molar-refractivity contribution in [3.05, 3.63) is 33.7 Å². The molecule has 0 spiro atoms. The first-order valence-corrected chi connectivity index (χ1v) is 7.44. The highest BCUT2D eigenvalue weighted by Crippen LogP contribution is 2.12. The summed E-state index contributed by atoms with van der Waals surface area (Å²) in [7, 11) is 0. The summed E-state index contributed by atoms with van der Waals surface area (Å²) in [6, 6.07) is 1.64. The van der Waals surface area contributed by atoms with Gasteiger partial charge in [-0.05, 0) is 6.42 Å². The fourth-order valence-corrected chi connectivity index (χ4v) is 3.11. The van der Waals surface area contributed by atoms with Gasteiger partial charge in [-0.15, -0.1) is 11.3 Å². The highest BCUT2D eigenvalue weighted by atomic mass is 32.1. The van der Waals surface area contributed by atoms with Gasteiger partial charge in [-0.25, -0.2) is 4.98 Å². The average molecular weight is 279 g/mol. The van der Waals surface area contributed by atoms with Crippen molar-refractivity contribution in [2.24, 2.45) is 0 Å². The van der Waals surface area contributed by atoms with Gasteiger partial charge in [0, 0.05) is 37.3 Å². The fraction of sp³-hybridized carbons (Fsp3) is 0.538. The Morgan fingerprint density at radius 3 is 3.32 bits per heavy atom. The molecule has 3 heterocycles. The molecular weight excluding hydrogens is 262 g/mol. The first-order chi connectivity index (χ1) is 9.26. The lowest BCUT2D eigenvalue weighted by atomic mass is 10.2. The fourth-order valence-electron chi connectivity index (χ4n) is 2.37. The predicted molar refractivity (Wildman–Crippen MR) is 74.6 cm³/mol. The van der Waals surface area contributed by atoms with Crippen LogP contribution in [-0.2, 0) is 11.3 Å². The third-order valence-electron chi connectivity index (χ3n) is 3.42. The zero-order valence-electron chi connectivity index (χ0n) is 10.9. The zero-order chi connectivity index (χ0) is 13.2. The molecule has 0 aliphatic carbocycles. The Bertz CT molecular complexity index is 622. The van der Waals surface area contributed by atoms with Crippen LogP contribution in [0, 0.1) is 0 Å². The van der Waals surface area contributed by atoms with Crippen LogP contribution >= 0.6 is 11.3 Å². The van der Waals surface area contributed by atoms with Gasteiger partial charge in [0.2, 0.25) is 0 Å². The number of ether oxygens (including phenoxy) is 1. The van der Waals surface area contributed by atoms with E-state index < -0.39 is 0 Å². The van der Waals surface area contributed by atoms with Crippen molar-refractivity contribution in [1.29, 1.82) is 0 Å². The molecular formula is C13H17N3O2S. The van der Waals surface area contributed by atoms with E-state index in [1.807, 2.05) is 5.38 Å². The van der Waals surface area contributed by atoms with Crippen LogP contribution in [0.5, 0.6) is 0 Å². The molecule has 1 aliphatic heterocycles. The molecule has 0 radical (unpaired) electrons. The van der Waals surface area contributed by atoms with Crippen molar-refractivity contribution in [2.45, 2.75) is 26.0 Å².